The van der Waals surface area contributed by atoms with Crippen molar-refractivity contribution in [3.8, 4) is 0 Å². The predicted octanol–water partition coefficient (Wildman–Crippen LogP) is 8.62. The summed E-state index contributed by atoms with van der Waals surface area (Å²) in [5.74, 6) is 0.731. The molecule has 2 aliphatic rings. The van der Waals surface area contributed by atoms with Gasteiger partial charge in [-0.3, -0.25) is 4.99 Å². The van der Waals surface area contributed by atoms with Crippen LogP contribution >= 0.6 is 23.2 Å². The molecule has 0 radical (unpaired) electrons. The molecule has 2 atom stereocenters. The maximum absolute atomic E-state index is 6.42. The summed E-state index contributed by atoms with van der Waals surface area (Å²) in [4.78, 5) is 7.51. The van der Waals surface area contributed by atoms with E-state index in [1.165, 1.54) is 27.9 Å². The lowest BCUT2D eigenvalue weighted by Crippen LogP contribution is -2.37. The Labute approximate surface area is 216 Å². The largest absolute Gasteiger partial charge is 0.371 e. The van der Waals surface area contributed by atoms with E-state index in [1.54, 1.807) is 6.07 Å². The van der Waals surface area contributed by atoms with Crippen LogP contribution in [0.15, 0.2) is 96.0 Å². The lowest BCUT2D eigenvalue weighted by atomic mass is 9.76. The molecule has 4 aromatic rings. The van der Waals surface area contributed by atoms with E-state index in [4.69, 9.17) is 28.2 Å². The maximum atomic E-state index is 6.42. The number of aliphatic imine (C=N–C) groups is 1. The summed E-state index contributed by atoms with van der Waals surface area (Å²) in [7, 11) is 0. The van der Waals surface area contributed by atoms with Gasteiger partial charge in [-0.25, -0.2) is 0 Å². The number of hydrogen-bond acceptors (Lipinski definition) is 2. The van der Waals surface area contributed by atoms with Crippen molar-refractivity contribution in [1.29, 1.82) is 0 Å². The number of rotatable bonds is 4. The number of anilines is 1. The summed E-state index contributed by atoms with van der Waals surface area (Å²) in [6.07, 6.45) is 4.08. The Morgan fingerprint density at radius 2 is 1.29 bits per heavy atom. The van der Waals surface area contributed by atoms with Crippen molar-refractivity contribution in [2.45, 2.75) is 24.7 Å². The molecule has 35 heavy (non-hydrogen) atoms. The first-order valence-electron chi connectivity index (χ1n) is 12.2. The van der Waals surface area contributed by atoms with E-state index in [2.05, 4.69) is 77.7 Å². The number of halogens is 2. The van der Waals surface area contributed by atoms with E-state index in [1.807, 2.05) is 18.3 Å². The van der Waals surface area contributed by atoms with Crippen molar-refractivity contribution < 1.29 is 0 Å². The van der Waals surface area contributed by atoms with Gasteiger partial charge in [0.15, 0.2) is 0 Å². The second kappa shape index (κ2) is 9.53. The summed E-state index contributed by atoms with van der Waals surface area (Å²) < 4.78 is 0. The molecule has 0 bridgehead atoms. The molecular formula is C31H26Cl2N2. The van der Waals surface area contributed by atoms with Gasteiger partial charge < -0.3 is 4.90 Å². The van der Waals surface area contributed by atoms with Gasteiger partial charge in [0, 0.05) is 47.4 Å². The molecule has 0 spiro atoms. The Kier molecular flexibility index (Phi) is 6.10. The van der Waals surface area contributed by atoms with Crippen LogP contribution in [-0.4, -0.2) is 19.3 Å². The number of hydrogen-bond donors (Lipinski definition) is 0. The van der Waals surface area contributed by atoms with Crippen molar-refractivity contribution in [2.75, 3.05) is 18.0 Å². The highest BCUT2D eigenvalue weighted by atomic mass is 35.5. The minimum absolute atomic E-state index is 0.366. The number of nitrogens with zero attached hydrogens (tertiary/aromatic N) is 2. The zero-order chi connectivity index (χ0) is 23.8. The molecule has 6 rings (SSSR count). The zero-order valence-corrected chi connectivity index (χ0v) is 20.9. The normalized spacial score (nSPS) is 19.1. The van der Waals surface area contributed by atoms with E-state index in [-0.39, 0.29) is 0 Å². The first-order valence-corrected chi connectivity index (χ1v) is 12.9. The van der Waals surface area contributed by atoms with Gasteiger partial charge in [-0.1, -0.05) is 89.9 Å². The van der Waals surface area contributed by atoms with Crippen LogP contribution in [0.5, 0.6) is 0 Å². The number of benzene rings is 4. The molecule has 2 aliphatic heterocycles. The third kappa shape index (κ3) is 4.37. The fraction of sp³-hybridized carbons (Fsp3) is 0.194. The average molecular weight is 497 g/mol. The highest BCUT2D eigenvalue weighted by Crippen LogP contribution is 2.49. The van der Waals surface area contributed by atoms with E-state index in [0.29, 0.717) is 21.9 Å². The van der Waals surface area contributed by atoms with Crippen LogP contribution in [0.2, 0.25) is 10.0 Å². The molecule has 4 heteroatoms. The quantitative estimate of drug-likeness (QED) is 0.258. The van der Waals surface area contributed by atoms with E-state index < -0.39 is 0 Å². The lowest BCUT2D eigenvalue weighted by Gasteiger charge is -2.43. The molecule has 0 aliphatic carbocycles. The molecule has 0 fully saturated rings. The van der Waals surface area contributed by atoms with Crippen LogP contribution in [-0.2, 0) is 0 Å². The summed E-state index contributed by atoms with van der Waals surface area (Å²) in [6.45, 7) is 2.17. The summed E-state index contributed by atoms with van der Waals surface area (Å²) in [6, 6.07) is 31.9. The van der Waals surface area contributed by atoms with Crippen LogP contribution < -0.4 is 4.90 Å². The van der Waals surface area contributed by atoms with E-state index >= 15 is 0 Å². The second-order valence-corrected chi connectivity index (χ2v) is 10.2. The standard InChI is InChI=1S/C31H26Cl2N2/c32-24-12-11-23(30(33)17-24)20-34-25-18-28-26(21-7-3-1-4-8-21)13-15-35-16-14-27(29(19-25)31(28)35)22-9-5-2-6-10-22/h1-12,17-20,26-27H,13-16H2/t26-,27-/m1/s1. The van der Waals surface area contributed by atoms with Gasteiger partial charge in [0.25, 0.3) is 0 Å². The van der Waals surface area contributed by atoms with Gasteiger partial charge in [-0.2, -0.15) is 0 Å². The van der Waals surface area contributed by atoms with Crippen LogP contribution in [0.1, 0.15) is 52.5 Å². The van der Waals surface area contributed by atoms with Crippen molar-refractivity contribution in [3.05, 3.63) is 129 Å². The Morgan fingerprint density at radius 1 is 0.714 bits per heavy atom. The zero-order valence-electron chi connectivity index (χ0n) is 19.4. The molecule has 0 N–H and O–H groups in total. The van der Waals surface area contributed by atoms with Crippen molar-refractivity contribution in [1.82, 2.24) is 0 Å². The van der Waals surface area contributed by atoms with Crippen molar-refractivity contribution in [2.24, 2.45) is 4.99 Å². The maximum Gasteiger partial charge on any atom is 0.0637 e. The highest BCUT2D eigenvalue weighted by Gasteiger charge is 2.35. The molecule has 174 valence electrons. The van der Waals surface area contributed by atoms with E-state index in [0.717, 1.165) is 37.2 Å². The van der Waals surface area contributed by atoms with Crippen LogP contribution in [0.4, 0.5) is 11.4 Å². The Hall–Kier alpha value is -3.07. The van der Waals surface area contributed by atoms with Gasteiger partial charge in [-0.05, 0) is 59.4 Å². The summed E-state index contributed by atoms with van der Waals surface area (Å²) >= 11 is 12.5. The fourth-order valence-electron chi connectivity index (χ4n) is 5.66. The van der Waals surface area contributed by atoms with Crippen LogP contribution in [0.25, 0.3) is 0 Å². The molecule has 2 nitrogen and oxygen atoms in total. The van der Waals surface area contributed by atoms with Crippen LogP contribution in [0.3, 0.4) is 0 Å². The first kappa shape index (κ1) is 22.4. The fourth-order valence-corrected chi connectivity index (χ4v) is 6.12. The molecule has 2 heterocycles. The van der Waals surface area contributed by atoms with Gasteiger partial charge >= 0.3 is 0 Å². The van der Waals surface area contributed by atoms with Gasteiger partial charge in [-0.15, -0.1) is 0 Å². The molecule has 0 unspecified atom stereocenters. The minimum Gasteiger partial charge on any atom is -0.371 e. The monoisotopic (exact) mass is 496 g/mol. The highest BCUT2D eigenvalue weighted by molar-refractivity contribution is 6.36. The molecular weight excluding hydrogens is 471 g/mol. The van der Waals surface area contributed by atoms with Crippen LogP contribution in [0, 0.1) is 0 Å². The Balaban J connectivity index is 1.50. The average Bonchev–Trinajstić information content (AvgIpc) is 2.89. The molecule has 0 amide bonds. The lowest BCUT2D eigenvalue weighted by molar-refractivity contribution is 0.571. The molecule has 4 aromatic carbocycles. The minimum atomic E-state index is 0.366. The smallest absolute Gasteiger partial charge is 0.0637 e. The predicted molar refractivity (Wildman–Crippen MR) is 148 cm³/mol. The van der Waals surface area contributed by atoms with Gasteiger partial charge in [0.1, 0.15) is 0 Å². The summed E-state index contributed by atoms with van der Waals surface area (Å²) in [5.41, 5.74) is 8.76. The molecule has 0 saturated heterocycles. The van der Waals surface area contributed by atoms with Crippen molar-refractivity contribution >= 4 is 40.8 Å². The van der Waals surface area contributed by atoms with E-state index in [9.17, 15) is 0 Å². The third-order valence-electron chi connectivity index (χ3n) is 7.32. The SMILES string of the molecule is Clc1ccc(C=Nc2cc3c4c(c2)[C@@H](c2ccccc2)CCN4CC[C@@H]3c2ccccc2)c(Cl)c1. The van der Waals surface area contributed by atoms with Gasteiger partial charge in [0.05, 0.1) is 10.7 Å². The Bertz CT molecular complexity index is 1310. The van der Waals surface area contributed by atoms with Gasteiger partial charge in [0.2, 0.25) is 0 Å². The molecule has 0 saturated carbocycles. The second-order valence-electron chi connectivity index (χ2n) is 9.39. The molecule has 0 aromatic heterocycles. The third-order valence-corrected chi connectivity index (χ3v) is 7.88. The topological polar surface area (TPSA) is 15.6 Å². The Morgan fingerprint density at radius 3 is 1.83 bits per heavy atom. The van der Waals surface area contributed by atoms with Crippen molar-refractivity contribution in [3.63, 3.8) is 0 Å². The summed E-state index contributed by atoms with van der Waals surface area (Å²) in [5, 5.41) is 1.23. The first-order chi connectivity index (χ1) is 17.2.